The number of imidazole rings is 1. The van der Waals surface area contributed by atoms with E-state index in [-0.39, 0.29) is 0 Å². The third kappa shape index (κ3) is 2.44. The number of rotatable bonds is 4. The maximum atomic E-state index is 14.3. The standard InChI is InChI=1S/C14H19FN4O4/c1-4-22-12-9-11(17-7(2)18-12)19(6-16-9)13-14(3,21)10(15)8(5-20)23-13/h6,8,10,13,20-21H,4-5H2,1-3H3/t8-,10-,13+,14-/m1/s1. The highest BCUT2D eigenvalue weighted by Crippen LogP contribution is 2.41. The lowest BCUT2D eigenvalue weighted by atomic mass is 9.98. The molecule has 126 valence electrons. The smallest absolute Gasteiger partial charge is 0.245 e. The van der Waals surface area contributed by atoms with Gasteiger partial charge in [0.05, 0.1) is 19.5 Å². The van der Waals surface area contributed by atoms with E-state index in [2.05, 4.69) is 15.0 Å². The van der Waals surface area contributed by atoms with Gasteiger partial charge in [0.2, 0.25) is 5.88 Å². The summed E-state index contributed by atoms with van der Waals surface area (Å²) in [5, 5.41) is 19.7. The molecule has 0 aromatic carbocycles. The Morgan fingerprint density at radius 2 is 2.22 bits per heavy atom. The van der Waals surface area contributed by atoms with E-state index in [0.29, 0.717) is 29.5 Å². The van der Waals surface area contributed by atoms with Crippen molar-refractivity contribution in [2.45, 2.75) is 44.9 Å². The fourth-order valence-electron chi connectivity index (χ4n) is 2.77. The lowest BCUT2D eigenvalue weighted by molar-refractivity contribution is -0.0892. The molecule has 1 aliphatic rings. The van der Waals surface area contributed by atoms with Crippen LogP contribution in [0.1, 0.15) is 25.9 Å². The summed E-state index contributed by atoms with van der Waals surface area (Å²) in [6.45, 7) is 4.72. The highest BCUT2D eigenvalue weighted by atomic mass is 19.1. The zero-order chi connectivity index (χ0) is 16.8. The number of alkyl halides is 1. The van der Waals surface area contributed by atoms with E-state index in [1.807, 2.05) is 6.92 Å². The Labute approximate surface area is 131 Å². The second kappa shape index (κ2) is 5.66. The molecule has 1 saturated heterocycles. The normalized spacial score (nSPS) is 31.0. The van der Waals surface area contributed by atoms with Crippen LogP contribution < -0.4 is 4.74 Å². The Hall–Kier alpha value is -1.84. The van der Waals surface area contributed by atoms with E-state index < -0.39 is 30.7 Å². The Bertz CT molecular complexity index is 720. The Morgan fingerprint density at radius 1 is 1.48 bits per heavy atom. The number of fused-ring (bicyclic) bond motifs is 1. The fourth-order valence-corrected chi connectivity index (χ4v) is 2.77. The number of halogens is 1. The van der Waals surface area contributed by atoms with Crippen LogP contribution in [0.25, 0.3) is 11.2 Å². The molecule has 1 fully saturated rings. The molecule has 2 aromatic rings. The molecule has 2 aromatic heterocycles. The van der Waals surface area contributed by atoms with Crippen LogP contribution in [0.3, 0.4) is 0 Å². The van der Waals surface area contributed by atoms with Crippen LogP contribution in [0.4, 0.5) is 4.39 Å². The number of hydrogen-bond donors (Lipinski definition) is 2. The van der Waals surface area contributed by atoms with Crippen LogP contribution in [0.2, 0.25) is 0 Å². The molecule has 2 N–H and O–H groups in total. The van der Waals surface area contributed by atoms with Crippen molar-refractivity contribution in [2.24, 2.45) is 0 Å². The minimum atomic E-state index is -1.83. The van der Waals surface area contributed by atoms with Crippen molar-refractivity contribution < 1.29 is 24.1 Å². The molecule has 0 saturated carbocycles. The lowest BCUT2D eigenvalue weighted by Crippen LogP contribution is -2.41. The van der Waals surface area contributed by atoms with Crippen molar-refractivity contribution in [1.82, 2.24) is 19.5 Å². The van der Waals surface area contributed by atoms with Crippen molar-refractivity contribution in [1.29, 1.82) is 0 Å². The van der Waals surface area contributed by atoms with Gasteiger partial charge < -0.3 is 19.7 Å². The number of aliphatic hydroxyl groups excluding tert-OH is 1. The Balaban J connectivity index is 2.10. The van der Waals surface area contributed by atoms with Crippen molar-refractivity contribution in [3.63, 3.8) is 0 Å². The first-order valence-electron chi connectivity index (χ1n) is 7.36. The number of nitrogens with zero attached hydrogens (tertiary/aromatic N) is 4. The van der Waals surface area contributed by atoms with E-state index in [0.717, 1.165) is 0 Å². The number of aliphatic hydroxyl groups is 2. The van der Waals surface area contributed by atoms with Crippen molar-refractivity contribution >= 4 is 11.2 Å². The number of ether oxygens (including phenoxy) is 2. The monoisotopic (exact) mass is 326 g/mol. The third-order valence-corrected chi connectivity index (χ3v) is 3.90. The highest BCUT2D eigenvalue weighted by molar-refractivity contribution is 5.76. The van der Waals surface area contributed by atoms with E-state index in [1.54, 1.807) is 6.92 Å². The molecule has 8 nitrogen and oxygen atoms in total. The lowest BCUT2D eigenvalue weighted by Gasteiger charge is -2.26. The van der Waals surface area contributed by atoms with Gasteiger partial charge in [-0.1, -0.05) is 0 Å². The predicted octanol–water partition coefficient (Wildman–Crippen LogP) is 0.512. The van der Waals surface area contributed by atoms with Gasteiger partial charge in [-0.15, -0.1) is 0 Å². The van der Waals surface area contributed by atoms with Crippen LogP contribution in [0.5, 0.6) is 5.88 Å². The molecular formula is C14H19FN4O4. The SMILES string of the molecule is CCOc1nc(C)nc2c1ncn2[C@H]1O[C@H](CO)[C@@H](F)[C@@]1(C)O. The van der Waals surface area contributed by atoms with Crippen LogP contribution >= 0.6 is 0 Å². The van der Waals surface area contributed by atoms with Gasteiger partial charge in [-0.05, 0) is 20.8 Å². The molecule has 0 aliphatic carbocycles. The maximum Gasteiger partial charge on any atom is 0.245 e. The van der Waals surface area contributed by atoms with Gasteiger partial charge in [0, 0.05) is 0 Å². The molecule has 1 aliphatic heterocycles. The maximum absolute atomic E-state index is 14.3. The first kappa shape index (κ1) is 16.0. The Morgan fingerprint density at radius 3 is 2.83 bits per heavy atom. The summed E-state index contributed by atoms with van der Waals surface area (Å²) in [6.07, 6.45) is -2.51. The van der Waals surface area contributed by atoms with Gasteiger partial charge in [0.1, 0.15) is 17.5 Å². The summed E-state index contributed by atoms with van der Waals surface area (Å²) in [5.41, 5.74) is -1.05. The second-order valence-corrected chi connectivity index (χ2v) is 5.67. The molecule has 23 heavy (non-hydrogen) atoms. The summed E-state index contributed by atoms with van der Waals surface area (Å²) in [4.78, 5) is 12.7. The van der Waals surface area contributed by atoms with Gasteiger partial charge in [0.15, 0.2) is 23.6 Å². The third-order valence-electron chi connectivity index (χ3n) is 3.90. The minimum Gasteiger partial charge on any atom is -0.476 e. The van der Waals surface area contributed by atoms with Crippen molar-refractivity contribution in [2.75, 3.05) is 13.2 Å². The molecule has 0 amide bonds. The molecule has 4 atom stereocenters. The van der Waals surface area contributed by atoms with E-state index >= 15 is 0 Å². The van der Waals surface area contributed by atoms with Gasteiger partial charge in [-0.25, -0.2) is 14.4 Å². The fraction of sp³-hybridized carbons (Fsp3) is 0.643. The molecule has 0 radical (unpaired) electrons. The summed E-state index contributed by atoms with van der Waals surface area (Å²) in [5.74, 6) is 0.776. The van der Waals surface area contributed by atoms with E-state index in [1.165, 1.54) is 17.8 Å². The first-order valence-corrected chi connectivity index (χ1v) is 7.36. The molecule has 0 bridgehead atoms. The molecule has 9 heteroatoms. The zero-order valence-corrected chi connectivity index (χ0v) is 13.1. The first-order chi connectivity index (χ1) is 10.9. The Kier molecular flexibility index (Phi) is 3.95. The number of hydrogen-bond acceptors (Lipinski definition) is 7. The molecule has 0 unspecified atom stereocenters. The average Bonchev–Trinajstić information content (AvgIpc) is 3.00. The molecular weight excluding hydrogens is 307 g/mol. The largest absolute Gasteiger partial charge is 0.476 e. The van der Waals surface area contributed by atoms with E-state index in [9.17, 15) is 14.6 Å². The molecule has 0 spiro atoms. The second-order valence-electron chi connectivity index (χ2n) is 5.67. The quantitative estimate of drug-likeness (QED) is 0.844. The number of aromatic nitrogens is 4. The number of aryl methyl sites for hydroxylation is 1. The van der Waals surface area contributed by atoms with Crippen molar-refractivity contribution in [3.05, 3.63) is 12.2 Å². The zero-order valence-electron chi connectivity index (χ0n) is 13.1. The molecule has 3 rings (SSSR count). The van der Waals surface area contributed by atoms with Crippen molar-refractivity contribution in [3.8, 4) is 5.88 Å². The van der Waals surface area contributed by atoms with E-state index in [4.69, 9.17) is 9.47 Å². The van der Waals surface area contributed by atoms with Crippen LogP contribution in [0, 0.1) is 6.92 Å². The highest BCUT2D eigenvalue weighted by Gasteiger charge is 2.54. The van der Waals surface area contributed by atoms with Gasteiger partial charge in [-0.3, -0.25) is 4.57 Å². The predicted molar refractivity (Wildman–Crippen MR) is 77.7 cm³/mol. The van der Waals surface area contributed by atoms with Crippen LogP contribution in [-0.2, 0) is 4.74 Å². The summed E-state index contributed by atoms with van der Waals surface area (Å²) in [6, 6.07) is 0. The topological polar surface area (TPSA) is 103 Å². The van der Waals surface area contributed by atoms with Crippen LogP contribution in [-0.4, -0.2) is 60.8 Å². The van der Waals surface area contributed by atoms with Gasteiger partial charge in [0.25, 0.3) is 0 Å². The van der Waals surface area contributed by atoms with Gasteiger partial charge >= 0.3 is 0 Å². The minimum absolute atomic E-state index is 0.321. The summed E-state index contributed by atoms with van der Waals surface area (Å²) < 4.78 is 26.6. The average molecular weight is 326 g/mol. The van der Waals surface area contributed by atoms with Gasteiger partial charge in [-0.2, -0.15) is 4.98 Å². The summed E-state index contributed by atoms with van der Waals surface area (Å²) >= 11 is 0. The van der Waals surface area contributed by atoms with Crippen LogP contribution in [0.15, 0.2) is 6.33 Å². The summed E-state index contributed by atoms with van der Waals surface area (Å²) in [7, 11) is 0. The molecule has 3 heterocycles.